The Morgan fingerprint density at radius 1 is 0.471 bits per heavy atom. The molecule has 1 heterocycles. The quantitative estimate of drug-likeness (QED) is 0.498. The van der Waals surface area contributed by atoms with Crippen LogP contribution in [0.25, 0.3) is 0 Å². The van der Waals surface area contributed by atoms with Crippen LogP contribution < -0.4 is 0 Å². The summed E-state index contributed by atoms with van der Waals surface area (Å²) in [7, 11) is 0. The summed E-state index contributed by atoms with van der Waals surface area (Å²) in [5.74, 6) is 0. The minimum absolute atomic E-state index is 0.0319. The van der Waals surface area contributed by atoms with Gasteiger partial charge in [-0.05, 0) is 83.1 Å². The smallest absolute Gasteiger partial charge is 0.410 e. The zero-order valence-electron chi connectivity index (χ0n) is 24.1. The van der Waals surface area contributed by atoms with E-state index in [-0.39, 0.29) is 23.3 Å². The molecule has 0 aromatic heterocycles. The monoisotopic (exact) mass is 484 g/mol. The number of rotatable bonds is 0. The van der Waals surface area contributed by atoms with Crippen LogP contribution in [0.5, 0.6) is 0 Å². The Morgan fingerprint density at radius 2 is 0.706 bits per heavy atom. The minimum Gasteiger partial charge on any atom is -0.444 e. The van der Waals surface area contributed by atoms with E-state index in [1.807, 2.05) is 41.5 Å². The van der Waals surface area contributed by atoms with Crippen LogP contribution >= 0.6 is 0 Å². The lowest BCUT2D eigenvalue weighted by Crippen LogP contribution is -2.55. The molecular formula is C26H52N4O4. The van der Waals surface area contributed by atoms with E-state index < -0.39 is 11.2 Å². The fourth-order valence-electron chi connectivity index (χ4n) is 3.77. The molecule has 1 rings (SSSR count). The Balaban J connectivity index is 3.22. The number of carbonyl (C=O) groups is 2. The molecule has 0 unspecified atom stereocenters. The van der Waals surface area contributed by atoms with Crippen molar-refractivity contribution in [3.63, 3.8) is 0 Å². The maximum absolute atomic E-state index is 13.0. The molecule has 0 radical (unpaired) electrons. The average Bonchev–Trinajstić information content (AvgIpc) is 2.56. The molecule has 1 aliphatic rings. The highest BCUT2D eigenvalue weighted by Crippen LogP contribution is 2.19. The molecule has 1 saturated heterocycles. The van der Waals surface area contributed by atoms with Crippen LogP contribution in [-0.4, -0.2) is 106 Å². The van der Waals surface area contributed by atoms with Gasteiger partial charge in [0.05, 0.1) is 0 Å². The van der Waals surface area contributed by atoms with Gasteiger partial charge in [-0.1, -0.05) is 0 Å². The second-order valence-electron chi connectivity index (χ2n) is 13.3. The van der Waals surface area contributed by atoms with Gasteiger partial charge in [0.1, 0.15) is 11.2 Å². The fourth-order valence-corrected chi connectivity index (χ4v) is 3.77. The largest absolute Gasteiger partial charge is 0.444 e. The third-order valence-electron chi connectivity index (χ3n) is 5.76. The lowest BCUT2D eigenvalue weighted by molar-refractivity contribution is 0.00327. The maximum Gasteiger partial charge on any atom is 0.410 e. The van der Waals surface area contributed by atoms with Crippen LogP contribution in [0, 0.1) is 0 Å². The SMILES string of the molecule is CC(C)(C)OC(=O)N1CCN(C(=O)OC(C)(C)C)CCN(C(C)(C)C)CCN(C(C)(C)C)CC1. The number of carbonyl (C=O) groups excluding carboxylic acids is 2. The van der Waals surface area contributed by atoms with E-state index >= 15 is 0 Å². The molecule has 1 fully saturated rings. The number of ether oxygens (including phenoxy) is 2. The molecular weight excluding hydrogens is 432 g/mol. The van der Waals surface area contributed by atoms with Crippen molar-refractivity contribution in [3.05, 3.63) is 0 Å². The number of nitrogens with zero attached hydrogens (tertiary/aromatic N) is 4. The van der Waals surface area contributed by atoms with Crippen LogP contribution in [-0.2, 0) is 9.47 Å². The van der Waals surface area contributed by atoms with E-state index in [9.17, 15) is 9.59 Å². The third kappa shape index (κ3) is 11.3. The second kappa shape index (κ2) is 11.5. The molecule has 0 saturated carbocycles. The molecule has 34 heavy (non-hydrogen) atoms. The fraction of sp³-hybridized carbons (Fsp3) is 0.923. The topological polar surface area (TPSA) is 65.6 Å². The van der Waals surface area contributed by atoms with Gasteiger partial charge in [-0.3, -0.25) is 9.80 Å². The van der Waals surface area contributed by atoms with Crippen LogP contribution in [0.15, 0.2) is 0 Å². The summed E-state index contributed by atoms with van der Waals surface area (Å²) in [5, 5.41) is 0. The molecule has 0 spiro atoms. The normalized spacial score (nSPS) is 19.3. The second-order valence-corrected chi connectivity index (χ2v) is 13.3. The number of hydrogen-bond donors (Lipinski definition) is 0. The van der Waals surface area contributed by atoms with Crippen molar-refractivity contribution in [2.45, 2.75) is 105 Å². The summed E-state index contributed by atoms with van der Waals surface area (Å²) in [4.78, 5) is 34.3. The number of amides is 2. The van der Waals surface area contributed by atoms with Crippen molar-refractivity contribution in [3.8, 4) is 0 Å². The first-order valence-corrected chi connectivity index (χ1v) is 12.6. The van der Waals surface area contributed by atoms with Crippen molar-refractivity contribution in [1.29, 1.82) is 0 Å². The van der Waals surface area contributed by atoms with Gasteiger partial charge >= 0.3 is 12.2 Å². The Hall–Kier alpha value is -1.54. The first-order chi connectivity index (χ1) is 15.2. The van der Waals surface area contributed by atoms with Crippen molar-refractivity contribution >= 4 is 12.2 Å². The molecule has 0 N–H and O–H groups in total. The Bertz CT molecular complexity index is 610. The van der Waals surface area contributed by atoms with Crippen molar-refractivity contribution in [2.24, 2.45) is 0 Å². The molecule has 0 aromatic rings. The molecule has 0 bridgehead atoms. The Kier molecular flexibility index (Phi) is 10.3. The standard InChI is InChI=1S/C26H52N4O4/c1-23(2,3)29-17-15-27(21(31)33-25(7,8)9)13-14-28(22(32)34-26(10,11)12)16-18-30(20-19-29)24(4,5)6/h13-20H2,1-12H3. The van der Waals surface area contributed by atoms with Gasteiger partial charge in [-0.2, -0.15) is 0 Å². The predicted molar refractivity (Wildman–Crippen MR) is 138 cm³/mol. The first-order valence-electron chi connectivity index (χ1n) is 12.6. The van der Waals surface area contributed by atoms with Crippen LogP contribution in [0.2, 0.25) is 0 Å². The minimum atomic E-state index is -0.581. The number of hydrogen-bond acceptors (Lipinski definition) is 6. The van der Waals surface area contributed by atoms with Crippen LogP contribution in [0.1, 0.15) is 83.1 Å². The molecule has 1 aliphatic heterocycles. The van der Waals surface area contributed by atoms with E-state index in [1.54, 1.807) is 9.80 Å². The summed E-state index contributed by atoms with van der Waals surface area (Å²) in [6.07, 6.45) is -0.697. The van der Waals surface area contributed by atoms with E-state index in [0.717, 1.165) is 26.2 Å². The third-order valence-corrected chi connectivity index (χ3v) is 5.76. The van der Waals surface area contributed by atoms with Gasteiger partial charge in [-0.15, -0.1) is 0 Å². The van der Waals surface area contributed by atoms with Crippen molar-refractivity contribution in [1.82, 2.24) is 19.6 Å². The van der Waals surface area contributed by atoms with Gasteiger partial charge in [0.2, 0.25) is 0 Å². The van der Waals surface area contributed by atoms with Crippen LogP contribution in [0.3, 0.4) is 0 Å². The summed E-state index contributed by atoms with van der Waals surface area (Å²) >= 11 is 0. The van der Waals surface area contributed by atoms with E-state index in [0.29, 0.717) is 26.2 Å². The lowest BCUT2D eigenvalue weighted by atomic mass is 10.0. The first kappa shape index (κ1) is 30.5. The highest BCUT2D eigenvalue weighted by molar-refractivity contribution is 5.69. The molecule has 2 amide bonds. The van der Waals surface area contributed by atoms with Gasteiger partial charge in [0.25, 0.3) is 0 Å². The lowest BCUT2D eigenvalue weighted by Gasteiger charge is -2.43. The van der Waals surface area contributed by atoms with Crippen molar-refractivity contribution < 1.29 is 19.1 Å². The van der Waals surface area contributed by atoms with Gasteiger partial charge in [0, 0.05) is 63.4 Å². The van der Waals surface area contributed by atoms with Gasteiger partial charge < -0.3 is 19.3 Å². The van der Waals surface area contributed by atoms with Crippen molar-refractivity contribution in [2.75, 3.05) is 52.4 Å². The van der Waals surface area contributed by atoms with E-state index in [1.165, 1.54) is 0 Å². The zero-order valence-corrected chi connectivity index (χ0v) is 24.1. The molecule has 8 nitrogen and oxygen atoms in total. The van der Waals surface area contributed by atoms with E-state index in [2.05, 4.69) is 51.3 Å². The summed E-state index contributed by atoms with van der Waals surface area (Å²) in [6, 6.07) is 0. The van der Waals surface area contributed by atoms with Crippen LogP contribution in [0.4, 0.5) is 9.59 Å². The summed E-state index contributed by atoms with van der Waals surface area (Å²) < 4.78 is 11.4. The average molecular weight is 485 g/mol. The molecule has 8 heteroatoms. The summed E-state index contributed by atoms with van der Waals surface area (Å²) in [6.45, 7) is 29.5. The Labute approximate surface area is 208 Å². The van der Waals surface area contributed by atoms with Gasteiger partial charge in [0.15, 0.2) is 0 Å². The molecule has 0 aromatic carbocycles. The highest BCUT2D eigenvalue weighted by atomic mass is 16.6. The van der Waals surface area contributed by atoms with Gasteiger partial charge in [-0.25, -0.2) is 9.59 Å². The zero-order chi connectivity index (χ0) is 26.5. The Morgan fingerprint density at radius 3 is 0.941 bits per heavy atom. The molecule has 200 valence electrons. The maximum atomic E-state index is 13.0. The van der Waals surface area contributed by atoms with E-state index in [4.69, 9.17) is 9.47 Å². The highest BCUT2D eigenvalue weighted by Gasteiger charge is 2.31. The molecule has 0 atom stereocenters. The predicted octanol–water partition coefficient (Wildman–Crippen LogP) is 4.68. The summed E-state index contributed by atoms with van der Waals surface area (Å²) in [5.41, 5.74) is -1.23. The molecule has 0 aliphatic carbocycles.